The fourth-order valence-corrected chi connectivity index (χ4v) is 8.06. The highest BCUT2D eigenvalue weighted by Crippen LogP contribution is 2.45. The van der Waals surface area contributed by atoms with Gasteiger partial charge in [0.15, 0.2) is 17.5 Å². The molecule has 3 aromatic heterocycles. The average Bonchev–Trinajstić information content (AvgIpc) is 3.83. The van der Waals surface area contributed by atoms with E-state index in [1.54, 1.807) is 0 Å². The Morgan fingerprint density at radius 1 is 0.426 bits per heavy atom. The van der Waals surface area contributed by atoms with Crippen LogP contribution in [0.3, 0.4) is 0 Å². The fraction of sp³-hybridized carbons (Fsp3) is 0.0408. The molecule has 0 fully saturated rings. The monoisotopic (exact) mass is 693 g/mol. The molecule has 0 amide bonds. The number of para-hydroxylation sites is 1. The first-order chi connectivity index (χ1) is 26.7. The molecule has 11 rings (SSSR count). The standard InChI is InChI=1S/C49H31N3O2/c1-2-11-30(12-3-1)32-23-26-33(27-24-32)47-50-48(35-28-25-31-13-4-5-14-34(31)29-35)52-49(51-47)39-18-10-22-43-46(39)45-37(17-9-21-42(45)54-43)36-16-8-20-41-44(36)38-15-6-7-19-40(38)53-41/h1-9,11-21,23-29H,10,22H2. The molecule has 3 heterocycles. The van der Waals surface area contributed by atoms with Gasteiger partial charge in [-0.1, -0.05) is 140 Å². The van der Waals surface area contributed by atoms with E-state index in [0.29, 0.717) is 17.5 Å². The van der Waals surface area contributed by atoms with Crippen molar-refractivity contribution in [1.82, 2.24) is 15.0 Å². The SMILES string of the molecule is C1=C(c2nc(-c3ccc(-c4ccccc4)cc3)nc(-c3ccc4ccccc4c3)n2)c2c(oc3cccc(-c4cccc5oc6ccccc6c45)c23)CC1. The van der Waals surface area contributed by atoms with Crippen molar-refractivity contribution in [3.05, 3.63) is 181 Å². The van der Waals surface area contributed by atoms with Crippen molar-refractivity contribution in [2.24, 2.45) is 0 Å². The topological polar surface area (TPSA) is 65.0 Å². The predicted molar refractivity (Wildman–Crippen MR) is 218 cm³/mol. The molecule has 1 aliphatic carbocycles. The van der Waals surface area contributed by atoms with Crippen molar-refractivity contribution < 1.29 is 8.83 Å². The summed E-state index contributed by atoms with van der Waals surface area (Å²) in [5.74, 6) is 2.82. The summed E-state index contributed by atoms with van der Waals surface area (Å²) in [6.45, 7) is 0. The molecule has 0 atom stereocenters. The van der Waals surface area contributed by atoms with Crippen molar-refractivity contribution in [2.45, 2.75) is 12.8 Å². The van der Waals surface area contributed by atoms with Crippen LogP contribution < -0.4 is 0 Å². The molecule has 0 saturated carbocycles. The number of nitrogens with zero attached hydrogens (tertiary/aromatic N) is 3. The molecule has 1 aliphatic rings. The van der Waals surface area contributed by atoms with Crippen molar-refractivity contribution in [3.8, 4) is 45.0 Å². The molecule has 54 heavy (non-hydrogen) atoms. The summed E-state index contributed by atoms with van der Waals surface area (Å²) in [5.41, 5.74) is 10.9. The van der Waals surface area contributed by atoms with Gasteiger partial charge < -0.3 is 8.83 Å². The van der Waals surface area contributed by atoms with Gasteiger partial charge in [0.2, 0.25) is 0 Å². The van der Waals surface area contributed by atoms with Gasteiger partial charge in [-0.15, -0.1) is 0 Å². The first-order valence-electron chi connectivity index (χ1n) is 18.3. The third kappa shape index (κ3) is 4.97. The number of furan rings is 2. The zero-order valence-electron chi connectivity index (χ0n) is 29.2. The van der Waals surface area contributed by atoms with Gasteiger partial charge in [-0.25, -0.2) is 15.0 Å². The lowest BCUT2D eigenvalue weighted by Crippen LogP contribution is -2.07. The smallest absolute Gasteiger partial charge is 0.164 e. The molecule has 0 aliphatic heterocycles. The Kier molecular flexibility index (Phi) is 6.92. The van der Waals surface area contributed by atoms with Crippen molar-refractivity contribution >= 4 is 49.3 Å². The van der Waals surface area contributed by atoms with Crippen molar-refractivity contribution in [3.63, 3.8) is 0 Å². The fourth-order valence-electron chi connectivity index (χ4n) is 8.06. The number of rotatable bonds is 5. The molecule has 0 unspecified atom stereocenters. The molecule has 254 valence electrons. The number of hydrogen-bond acceptors (Lipinski definition) is 5. The maximum Gasteiger partial charge on any atom is 0.164 e. The summed E-state index contributed by atoms with van der Waals surface area (Å²) < 4.78 is 13.0. The van der Waals surface area contributed by atoms with Crippen LogP contribution in [-0.2, 0) is 6.42 Å². The van der Waals surface area contributed by atoms with E-state index in [2.05, 4.69) is 140 Å². The zero-order chi connectivity index (χ0) is 35.6. The van der Waals surface area contributed by atoms with E-state index in [4.69, 9.17) is 23.8 Å². The van der Waals surface area contributed by atoms with Gasteiger partial charge in [0.25, 0.3) is 0 Å². The van der Waals surface area contributed by atoms with E-state index < -0.39 is 0 Å². The quantitative estimate of drug-likeness (QED) is 0.179. The number of hydrogen-bond donors (Lipinski definition) is 0. The lowest BCUT2D eigenvalue weighted by molar-refractivity contribution is 0.545. The van der Waals surface area contributed by atoms with Crippen LogP contribution in [0.2, 0.25) is 0 Å². The van der Waals surface area contributed by atoms with E-state index in [1.165, 1.54) is 10.9 Å². The molecule has 5 heteroatoms. The summed E-state index contributed by atoms with van der Waals surface area (Å²) in [4.78, 5) is 15.6. The Balaban J connectivity index is 1.12. The molecular weight excluding hydrogens is 663 g/mol. The Bertz CT molecular complexity index is 3100. The van der Waals surface area contributed by atoms with Crippen LogP contribution in [0, 0.1) is 0 Å². The molecule has 5 nitrogen and oxygen atoms in total. The minimum absolute atomic E-state index is 0.624. The largest absolute Gasteiger partial charge is 0.460 e. The second kappa shape index (κ2) is 12.2. The second-order valence-electron chi connectivity index (χ2n) is 13.8. The van der Waals surface area contributed by atoms with Crippen LogP contribution in [-0.4, -0.2) is 15.0 Å². The van der Waals surface area contributed by atoms with Gasteiger partial charge in [0, 0.05) is 44.8 Å². The molecular formula is C49H31N3O2. The molecule has 0 radical (unpaired) electrons. The van der Waals surface area contributed by atoms with Crippen LogP contribution in [0.1, 0.15) is 23.6 Å². The minimum Gasteiger partial charge on any atom is -0.460 e. The third-order valence-electron chi connectivity index (χ3n) is 10.6. The maximum atomic E-state index is 6.68. The summed E-state index contributed by atoms with van der Waals surface area (Å²) in [6, 6.07) is 54.5. The average molecular weight is 694 g/mol. The van der Waals surface area contributed by atoms with Gasteiger partial charge in [0.1, 0.15) is 22.5 Å². The number of aryl methyl sites for hydroxylation is 1. The van der Waals surface area contributed by atoms with Crippen LogP contribution in [0.25, 0.3) is 94.3 Å². The Labute approximate surface area is 310 Å². The Morgan fingerprint density at radius 3 is 1.87 bits per heavy atom. The molecule has 0 spiro atoms. The van der Waals surface area contributed by atoms with Crippen molar-refractivity contribution in [2.75, 3.05) is 0 Å². The van der Waals surface area contributed by atoms with Crippen LogP contribution in [0.15, 0.2) is 173 Å². The molecule has 7 aromatic carbocycles. The predicted octanol–water partition coefficient (Wildman–Crippen LogP) is 12.7. The molecule has 10 aromatic rings. The molecule has 0 N–H and O–H groups in total. The number of aromatic nitrogens is 3. The van der Waals surface area contributed by atoms with E-state index in [-0.39, 0.29) is 0 Å². The zero-order valence-corrected chi connectivity index (χ0v) is 29.2. The minimum atomic E-state index is 0.624. The number of allylic oxidation sites excluding steroid dienone is 1. The summed E-state index contributed by atoms with van der Waals surface area (Å²) >= 11 is 0. The van der Waals surface area contributed by atoms with Crippen molar-refractivity contribution in [1.29, 1.82) is 0 Å². The Morgan fingerprint density at radius 2 is 1.04 bits per heavy atom. The van der Waals surface area contributed by atoms with E-state index in [0.717, 1.165) is 95.8 Å². The highest BCUT2D eigenvalue weighted by atomic mass is 16.3. The lowest BCUT2D eigenvalue weighted by Gasteiger charge is -2.16. The molecule has 0 bridgehead atoms. The summed E-state index contributed by atoms with van der Waals surface area (Å²) in [5, 5.41) is 5.55. The third-order valence-corrected chi connectivity index (χ3v) is 10.6. The lowest BCUT2D eigenvalue weighted by atomic mass is 9.89. The first-order valence-corrected chi connectivity index (χ1v) is 18.3. The van der Waals surface area contributed by atoms with Crippen LogP contribution in [0.4, 0.5) is 0 Å². The highest BCUT2D eigenvalue weighted by Gasteiger charge is 2.28. The Hall–Kier alpha value is -7.11. The van der Waals surface area contributed by atoms with Gasteiger partial charge in [-0.05, 0) is 63.7 Å². The van der Waals surface area contributed by atoms with Gasteiger partial charge in [-0.2, -0.15) is 0 Å². The first kappa shape index (κ1) is 30.5. The summed E-state index contributed by atoms with van der Waals surface area (Å²) in [6.07, 6.45) is 3.88. The highest BCUT2D eigenvalue weighted by molar-refractivity contribution is 6.16. The second-order valence-corrected chi connectivity index (χ2v) is 13.8. The van der Waals surface area contributed by atoms with Gasteiger partial charge in [0.05, 0.1) is 0 Å². The van der Waals surface area contributed by atoms with Gasteiger partial charge >= 0.3 is 0 Å². The van der Waals surface area contributed by atoms with Crippen LogP contribution >= 0.6 is 0 Å². The number of fused-ring (bicyclic) bond motifs is 7. The van der Waals surface area contributed by atoms with E-state index >= 15 is 0 Å². The van der Waals surface area contributed by atoms with E-state index in [1.807, 2.05) is 24.3 Å². The number of benzene rings is 7. The van der Waals surface area contributed by atoms with Gasteiger partial charge in [-0.3, -0.25) is 0 Å². The summed E-state index contributed by atoms with van der Waals surface area (Å²) in [7, 11) is 0. The van der Waals surface area contributed by atoms with Crippen LogP contribution in [0.5, 0.6) is 0 Å². The maximum absolute atomic E-state index is 6.68. The molecule has 0 saturated heterocycles. The van der Waals surface area contributed by atoms with E-state index in [9.17, 15) is 0 Å². The normalized spacial score (nSPS) is 12.8.